The average Bonchev–Trinajstić information content (AvgIpc) is 3.25. The fourth-order valence-corrected chi connectivity index (χ4v) is 4.69. The first kappa shape index (κ1) is 17.8. The quantitative estimate of drug-likeness (QED) is 0.690. The Balaban J connectivity index is 1.48. The first-order chi connectivity index (χ1) is 12.9. The van der Waals surface area contributed by atoms with Crippen LogP contribution in [0.15, 0.2) is 52.7 Å². The number of benzene rings is 2. The van der Waals surface area contributed by atoms with Crippen LogP contribution in [0.2, 0.25) is 0 Å². The lowest BCUT2D eigenvalue weighted by Crippen LogP contribution is -2.23. The maximum absolute atomic E-state index is 12.4. The fourth-order valence-electron chi connectivity index (χ4n) is 2.87. The van der Waals surface area contributed by atoms with Gasteiger partial charge in [-0.2, -0.15) is 0 Å². The molecule has 27 heavy (non-hydrogen) atoms. The third kappa shape index (κ3) is 3.78. The summed E-state index contributed by atoms with van der Waals surface area (Å²) in [5, 5.41) is 5.37. The monoisotopic (exact) mass is 399 g/mol. The van der Waals surface area contributed by atoms with E-state index in [9.17, 15) is 13.2 Å². The van der Waals surface area contributed by atoms with Crippen LogP contribution in [0.25, 0.3) is 11.3 Å². The molecule has 0 radical (unpaired) electrons. The summed E-state index contributed by atoms with van der Waals surface area (Å²) in [4.78, 5) is 16.2. The van der Waals surface area contributed by atoms with E-state index in [4.69, 9.17) is 0 Å². The highest BCUT2D eigenvalue weighted by atomic mass is 32.2. The molecule has 6 nitrogen and oxygen atoms in total. The molecule has 1 aromatic heterocycles. The van der Waals surface area contributed by atoms with Crippen LogP contribution in [0.4, 0.5) is 5.69 Å². The van der Waals surface area contributed by atoms with E-state index < -0.39 is 10.0 Å². The number of nitrogens with zero attached hydrogens (tertiary/aromatic N) is 1. The zero-order chi connectivity index (χ0) is 19.0. The van der Waals surface area contributed by atoms with Gasteiger partial charge in [-0.25, -0.2) is 18.1 Å². The van der Waals surface area contributed by atoms with Gasteiger partial charge in [0.1, 0.15) is 5.01 Å². The molecule has 1 aliphatic heterocycles. The van der Waals surface area contributed by atoms with Crippen molar-refractivity contribution in [3.8, 4) is 11.3 Å². The zero-order valence-electron chi connectivity index (χ0n) is 14.5. The lowest BCUT2D eigenvalue weighted by molar-refractivity contribution is -0.115. The maximum Gasteiger partial charge on any atom is 0.240 e. The lowest BCUT2D eigenvalue weighted by Gasteiger charge is -2.05. The van der Waals surface area contributed by atoms with Crippen LogP contribution < -0.4 is 10.0 Å². The van der Waals surface area contributed by atoms with Gasteiger partial charge in [-0.15, -0.1) is 11.3 Å². The molecular formula is C19H17N3O3S2. The van der Waals surface area contributed by atoms with E-state index in [-0.39, 0.29) is 17.3 Å². The zero-order valence-corrected chi connectivity index (χ0v) is 16.2. The lowest BCUT2D eigenvalue weighted by atomic mass is 10.1. The summed E-state index contributed by atoms with van der Waals surface area (Å²) in [5.74, 6) is -0.00775. The van der Waals surface area contributed by atoms with Gasteiger partial charge in [0.15, 0.2) is 0 Å². The van der Waals surface area contributed by atoms with Crippen molar-refractivity contribution in [2.75, 3.05) is 5.32 Å². The van der Waals surface area contributed by atoms with E-state index in [1.165, 1.54) is 11.3 Å². The van der Waals surface area contributed by atoms with Crippen molar-refractivity contribution in [2.24, 2.45) is 0 Å². The van der Waals surface area contributed by atoms with Gasteiger partial charge in [0.05, 0.1) is 23.6 Å². The number of carbonyl (C=O) groups excluding carboxylic acids is 1. The second-order valence-corrected chi connectivity index (χ2v) is 9.07. The van der Waals surface area contributed by atoms with Crippen LogP contribution in [-0.4, -0.2) is 19.3 Å². The number of carbonyl (C=O) groups is 1. The molecule has 0 saturated carbocycles. The molecule has 0 bridgehead atoms. The van der Waals surface area contributed by atoms with E-state index in [2.05, 4.69) is 15.0 Å². The summed E-state index contributed by atoms with van der Waals surface area (Å²) in [6, 6.07) is 12.4. The third-order valence-corrected chi connectivity index (χ3v) is 6.59. The van der Waals surface area contributed by atoms with Crippen LogP contribution in [0.1, 0.15) is 16.1 Å². The highest BCUT2D eigenvalue weighted by molar-refractivity contribution is 7.89. The minimum absolute atomic E-state index is 0.00775. The Morgan fingerprint density at radius 3 is 2.74 bits per heavy atom. The molecule has 2 aromatic carbocycles. The van der Waals surface area contributed by atoms with Crippen LogP contribution in [0, 0.1) is 6.92 Å². The van der Waals surface area contributed by atoms with Gasteiger partial charge in [-0.1, -0.05) is 23.8 Å². The van der Waals surface area contributed by atoms with Crippen molar-refractivity contribution in [1.29, 1.82) is 0 Å². The highest BCUT2D eigenvalue weighted by Gasteiger charge is 2.19. The van der Waals surface area contributed by atoms with Gasteiger partial charge in [0.25, 0.3) is 0 Å². The number of sulfonamides is 1. The van der Waals surface area contributed by atoms with Gasteiger partial charge >= 0.3 is 0 Å². The third-order valence-electron chi connectivity index (χ3n) is 4.32. The number of hydrogen-bond donors (Lipinski definition) is 2. The molecular weight excluding hydrogens is 382 g/mol. The second kappa shape index (κ2) is 6.88. The number of thiazole rings is 1. The molecule has 0 spiro atoms. The van der Waals surface area contributed by atoms with E-state index in [0.29, 0.717) is 11.4 Å². The van der Waals surface area contributed by atoms with Gasteiger partial charge < -0.3 is 5.32 Å². The van der Waals surface area contributed by atoms with Crippen molar-refractivity contribution >= 4 is 33.0 Å². The standard InChI is InChI=1S/C19H17N3O3S2/c1-12-2-5-15(6-3-12)27(24,25)20-10-19-22-17(11-26-19)13-4-7-16-14(8-13)9-18(23)21-16/h2-8,11,20H,9-10H2,1H3,(H,21,23). The molecule has 0 fully saturated rings. The van der Waals surface area contributed by atoms with Gasteiger partial charge in [0, 0.05) is 16.6 Å². The van der Waals surface area contributed by atoms with E-state index in [0.717, 1.165) is 28.1 Å². The Bertz CT molecular complexity index is 1120. The van der Waals surface area contributed by atoms with Crippen LogP contribution >= 0.6 is 11.3 Å². The van der Waals surface area contributed by atoms with Crippen molar-refractivity contribution in [3.05, 3.63) is 64.0 Å². The SMILES string of the molecule is Cc1ccc(S(=O)(=O)NCc2nc(-c3ccc4c(c3)CC(=O)N4)cs2)cc1. The predicted molar refractivity (Wildman–Crippen MR) is 105 cm³/mol. The number of nitrogens with one attached hydrogen (secondary N) is 2. The molecule has 0 aliphatic carbocycles. The second-order valence-electron chi connectivity index (χ2n) is 6.36. The molecule has 4 rings (SSSR count). The largest absolute Gasteiger partial charge is 0.326 e. The van der Waals surface area contributed by atoms with E-state index in [1.54, 1.807) is 24.3 Å². The molecule has 8 heteroatoms. The maximum atomic E-state index is 12.4. The first-order valence-corrected chi connectivity index (χ1v) is 10.7. The summed E-state index contributed by atoms with van der Waals surface area (Å²) >= 11 is 1.40. The first-order valence-electron chi connectivity index (χ1n) is 8.35. The molecule has 0 unspecified atom stereocenters. The number of hydrogen-bond acceptors (Lipinski definition) is 5. The molecule has 1 amide bonds. The molecule has 2 heterocycles. The molecule has 0 saturated heterocycles. The van der Waals surface area contributed by atoms with Gasteiger partial charge in [-0.05, 0) is 36.8 Å². The number of aryl methyl sites for hydroxylation is 1. The summed E-state index contributed by atoms with van der Waals surface area (Å²) in [6.45, 7) is 2.04. The number of aromatic nitrogens is 1. The van der Waals surface area contributed by atoms with Crippen molar-refractivity contribution in [2.45, 2.75) is 24.8 Å². The average molecular weight is 399 g/mol. The Hall–Kier alpha value is -2.55. The van der Waals surface area contributed by atoms with Crippen LogP contribution in [-0.2, 0) is 27.8 Å². The Morgan fingerprint density at radius 1 is 1.19 bits per heavy atom. The number of anilines is 1. The Kier molecular flexibility index (Phi) is 4.55. The Morgan fingerprint density at radius 2 is 1.96 bits per heavy atom. The van der Waals surface area contributed by atoms with E-state index >= 15 is 0 Å². The molecule has 0 atom stereocenters. The fraction of sp³-hybridized carbons (Fsp3) is 0.158. The minimum atomic E-state index is -3.57. The summed E-state index contributed by atoms with van der Waals surface area (Å²) < 4.78 is 27.3. The van der Waals surface area contributed by atoms with E-state index in [1.807, 2.05) is 30.5 Å². The van der Waals surface area contributed by atoms with Gasteiger partial charge in [0.2, 0.25) is 15.9 Å². The number of rotatable bonds is 5. The summed E-state index contributed by atoms with van der Waals surface area (Å²) in [5.41, 5.74) is 4.47. The van der Waals surface area contributed by atoms with Crippen LogP contribution in [0.5, 0.6) is 0 Å². The number of amides is 1. The predicted octanol–water partition coefficient (Wildman–Crippen LogP) is 3.09. The van der Waals surface area contributed by atoms with Crippen molar-refractivity contribution in [1.82, 2.24) is 9.71 Å². The minimum Gasteiger partial charge on any atom is -0.326 e. The van der Waals surface area contributed by atoms with Crippen molar-refractivity contribution in [3.63, 3.8) is 0 Å². The van der Waals surface area contributed by atoms with Crippen molar-refractivity contribution < 1.29 is 13.2 Å². The molecule has 138 valence electrons. The molecule has 1 aliphatic rings. The molecule has 2 N–H and O–H groups in total. The summed E-state index contributed by atoms with van der Waals surface area (Å²) in [7, 11) is -3.57. The summed E-state index contributed by atoms with van der Waals surface area (Å²) in [6.07, 6.45) is 0.372. The number of fused-ring (bicyclic) bond motifs is 1. The molecule has 3 aromatic rings. The highest BCUT2D eigenvalue weighted by Crippen LogP contribution is 2.29. The van der Waals surface area contributed by atoms with Crippen LogP contribution in [0.3, 0.4) is 0 Å². The van der Waals surface area contributed by atoms with Gasteiger partial charge in [-0.3, -0.25) is 4.79 Å². The topological polar surface area (TPSA) is 88.2 Å². The Labute approximate surface area is 161 Å². The normalized spacial score (nSPS) is 13.4. The smallest absolute Gasteiger partial charge is 0.240 e.